The minimum atomic E-state index is -4.80. The Bertz CT molecular complexity index is 1470. The number of alkyl halides is 3. The summed E-state index contributed by atoms with van der Waals surface area (Å²) in [6.45, 7) is 7.67. The minimum absolute atomic E-state index is 0.0298. The summed E-state index contributed by atoms with van der Waals surface area (Å²) < 4.78 is 58.3. The molecule has 10 nitrogen and oxygen atoms in total. The number of amides is 2. The number of hydrogen-bond donors (Lipinski definition) is 1. The largest absolute Gasteiger partial charge is 0.491 e. The van der Waals surface area contributed by atoms with E-state index in [2.05, 4.69) is 5.32 Å². The van der Waals surface area contributed by atoms with Crippen molar-refractivity contribution < 1.29 is 37.0 Å². The number of halogens is 3. The molecule has 0 radical (unpaired) electrons. The summed E-state index contributed by atoms with van der Waals surface area (Å²) in [4.78, 5) is 30.9. The molecule has 44 heavy (non-hydrogen) atoms. The summed E-state index contributed by atoms with van der Waals surface area (Å²) in [6.07, 6.45) is -2.72. The number of hydrogen-bond acceptors (Lipinski definition) is 8. The van der Waals surface area contributed by atoms with Crippen LogP contribution < -0.4 is 15.0 Å². The van der Waals surface area contributed by atoms with Crippen LogP contribution in [-0.4, -0.2) is 82.7 Å². The Morgan fingerprint density at radius 3 is 2.34 bits per heavy atom. The molecule has 1 atom stereocenters. The average Bonchev–Trinajstić information content (AvgIpc) is 3.13. The highest BCUT2D eigenvalue weighted by Crippen LogP contribution is 2.48. The molecule has 0 bridgehead atoms. The van der Waals surface area contributed by atoms with Gasteiger partial charge >= 0.3 is 12.3 Å². The van der Waals surface area contributed by atoms with E-state index in [9.17, 15) is 28.0 Å². The fraction of sp³-hybridized carbons (Fsp3) is 0.533. The molecule has 1 saturated carbocycles. The fourth-order valence-corrected chi connectivity index (χ4v) is 6.11. The molecule has 5 rings (SSSR count). The van der Waals surface area contributed by atoms with Crippen LogP contribution in [0.1, 0.15) is 47.0 Å². The lowest BCUT2D eigenvalue weighted by Crippen LogP contribution is -2.66. The molecule has 3 heterocycles. The number of thiocarbonyl (C=S) groups is 1. The lowest BCUT2D eigenvalue weighted by molar-refractivity contribution is -0.144. The number of carbonyl (C=O) groups is 2. The first-order chi connectivity index (χ1) is 20.5. The third kappa shape index (κ3) is 5.36. The molecule has 1 aromatic rings. The highest BCUT2D eigenvalue weighted by atomic mass is 32.1. The van der Waals surface area contributed by atoms with Gasteiger partial charge in [-0.05, 0) is 89.5 Å². The normalized spacial score (nSPS) is 22.5. The second-order valence-electron chi connectivity index (χ2n) is 12.5. The molecular formula is C30H34F3N5O5S. The van der Waals surface area contributed by atoms with E-state index in [1.54, 1.807) is 70.0 Å². The third-order valence-electron chi connectivity index (χ3n) is 8.36. The van der Waals surface area contributed by atoms with E-state index >= 15 is 0 Å². The van der Waals surface area contributed by atoms with E-state index in [4.69, 9.17) is 26.4 Å². The molecule has 14 heteroatoms. The topological polar surface area (TPSA) is 107 Å². The quantitative estimate of drug-likeness (QED) is 0.444. The molecule has 1 aliphatic carbocycles. The Morgan fingerprint density at radius 1 is 1.23 bits per heavy atom. The number of carbonyl (C=O) groups excluding carboxylic acids is 2. The van der Waals surface area contributed by atoms with Crippen LogP contribution in [0.4, 0.5) is 23.7 Å². The summed E-state index contributed by atoms with van der Waals surface area (Å²) in [5.41, 5.74) is -3.51. The Labute approximate surface area is 259 Å². The van der Waals surface area contributed by atoms with Crippen LogP contribution in [-0.2, 0) is 14.3 Å². The molecule has 3 fully saturated rings. The van der Waals surface area contributed by atoms with Gasteiger partial charge in [-0.25, -0.2) is 4.79 Å². The molecule has 1 aromatic carbocycles. The first-order valence-corrected chi connectivity index (χ1v) is 14.6. The zero-order chi connectivity index (χ0) is 32.2. The highest BCUT2D eigenvalue weighted by molar-refractivity contribution is 7.80. The monoisotopic (exact) mass is 633 g/mol. The number of rotatable bonds is 6. The molecule has 0 aromatic heterocycles. The molecule has 236 valence electrons. The SMILES string of the molecule is CC1NC(C#N)=C(C(F)(F)F)C=C1N1C(=O)C2(CCC2)N(c2ccc(OCC3(N(C)C(=O)OC(C)(C)C)COC3)cc2)C1=S. The molecule has 2 amide bonds. The maximum Gasteiger partial charge on any atom is 0.419 e. The van der Waals surface area contributed by atoms with Crippen LogP contribution in [0.5, 0.6) is 5.75 Å². The molecule has 2 saturated heterocycles. The van der Waals surface area contributed by atoms with E-state index < -0.39 is 52.2 Å². The summed E-state index contributed by atoms with van der Waals surface area (Å²) in [5, 5.41) is 11.9. The van der Waals surface area contributed by atoms with Gasteiger partial charge in [-0.3, -0.25) is 14.6 Å². The van der Waals surface area contributed by atoms with Gasteiger partial charge in [0.15, 0.2) is 5.11 Å². The van der Waals surface area contributed by atoms with Crippen molar-refractivity contribution in [1.29, 1.82) is 5.26 Å². The van der Waals surface area contributed by atoms with E-state index in [0.29, 0.717) is 24.3 Å². The number of ether oxygens (including phenoxy) is 3. The first-order valence-electron chi connectivity index (χ1n) is 14.2. The van der Waals surface area contributed by atoms with Crippen molar-refractivity contribution in [3.05, 3.63) is 47.3 Å². The maximum absolute atomic E-state index is 13.9. The minimum Gasteiger partial charge on any atom is -0.491 e. The first kappa shape index (κ1) is 31.6. The van der Waals surface area contributed by atoms with Gasteiger partial charge < -0.3 is 24.4 Å². The van der Waals surface area contributed by atoms with Crippen molar-refractivity contribution in [2.75, 3.05) is 31.8 Å². The van der Waals surface area contributed by atoms with Gasteiger partial charge in [0.25, 0.3) is 5.91 Å². The number of dihydropyridines is 1. The smallest absolute Gasteiger partial charge is 0.419 e. The zero-order valence-electron chi connectivity index (χ0n) is 25.1. The van der Waals surface area contributed by atoms with Gasteiger partial charge in [-0.2, -0.15) is 18.4 Å². The van der Waals surface area contributed by atoms with E-state index in [-0.39, 0.29) is 30.6 Å². The Hall–Kier alpha value is -3.83. The number of anilines is 1. The van der Waals surface area contributed by atoms with E-state index in [0.717, 1.165) is 12.5 Å². The lowest BCUT2D eigenvalue weighted by Gasteiger charge is -2.47. The maximum atomic E-state index is 13.9. The lowest BCUT2D eigenvalue weighted by atomic mass is 9.75. The van der Waals surface area contributed by atoms with Crippen LogP contribution in [0.15, 0.2) is 47.3 Å². The van der Waals surface area contributed by atoms with Gasteiger partial charge in [0.2, 0.25) is 0 Å². The zero-order valence-corrected chi connectivity index (χ0v) is 25.9. The van der Waals surface area contributed by atoms with Crippen molar-refractivity contribution in [3.63, 3.8) is 0 Å². The van der Waals surface area contributed by atoms with Gasteiger partial charge in [-0.15, -0.1) is 0 Å². The van der Waals surface area contributed by atoms with Crippen molar-refractivity contribution in [3.8, 4) is 11.8 Å². The average molecular weight is 634 g/mol. The summed E-state index contributed by atoms with van der Waals surface area (Å²) in [5.74, 6) is 0.110. The molecule has 1 spiro atoms. The van der Waals surface area contributed by atoms with Gasteiger partial charge in [0.1, 0.15) is 40.8 Å². The van der Waals surface area contributed by atoms with Crippen LogP contribution in [0.2, 0.25) is 0 Å². The molecule has 4 aliphatic rings. The Morgan fingerprint density at radius 2 is 1.86 bits per heavy atom. The summed E-state index contributed by atoms with van der Waals surface area (Å²) in [7, 11) is 1.64. The summed E-state index contributed by atoms with van der Waals surface area (Å²) in [6, 6.07) is 7.70. The van der Waals surface area contributed by atoms with Gasteiger partial charge in [-0.1, -0.05) is 0 Å². The fourth-order valence-electron chi connectivity index (χ4n) is 5.64. The Balaban J connectivity index is 1.36. The predicted octanol–water partition coefficient (Wildman–Crippen LogP) is 4.77. The molecule has 1 N–H and O–H groups in total. The number of nitrogens with one attached hydrogen (secondary N) is 1. The van der Waals surface area contributed by atoms with Crippen molar-refractivity contribution in [2.24, 2.45) is 0 Å². The van der Waals surface area contributed by atoms with E-state index in [1.807, 2.05) is 0 Å². The standard InChI is InChI=1S/C30H34F3N5O5S/c1-18-23(13-21(30(31,32)33)22(14-34)35-18)37-24(39)29(11-6-12-29)38(25(37)44)19-7-9-20(10-8-19)42-17-28(15-41-16-28)36(5)26(40)43-27(2,3)4/h7-10,13,18,35H,6,11-12,15-17H2,1-5H3. The second-order valence-corrected chi connectivity index (χ2v) is 12.9. The van der Waals surface area contributed by atoms with Gasteiger partial charge in [0.05, 0.1) is 30.5 Å². The molecule has 3 aliphatic heterocycles. The predicted molar refractivity (Wildman–Crippen MR) is 157 cm³/mol. The summed E-state index contributed by atoms with van der Waals surface area (Å²) >= 11 is 5.75. The van der Waals surface area contributed by atoms with Crippen LogP contribution in [0.25, 0.3) is 0 Å². The van der Waals surface area contributed by atoms with Crippen LogP contribution >= 0.6 is 12.2 Å². The number of likely N-dealkylation sites (N-methyl/N-ethyl adjacent to an activating group) is 1. The van der Waals surface area contributed by atoms with E-state index in [1.165, 1.54) is 9.80 Å². The van der Waals surface area contributed by atoms with Crippen LogP contribution in [0.3, 0.4) is 0 Å². The highest BCUT2D eigenvalue weighted by Gasteiger charge is 2.60. The van der Waals surface area contributed by atoms with Crippen molar-refractivity contribution in [1.82, 2.24) is 15.1 Å². The second kappa shape index (κ2) is 11.0. The number of allylic oxidation sites excluding steroid dienone is 3. The molecular weight excluding hydrogens is 599 g/mol. The van der Waals surface area contributed by atoms with Gasteiger partial charge in [0, 0.05) is 12.7 Å². The van der Waals surface area contributed by atoms with Crippen molar-refractivity contribution in [2.45, 2.75) is 75.9 Å². The third-order valence-corrected chi connectivity index (χ3v) is 8.72. The molecule has 1 unspecified atom stereocenters. The number of nitrogens with zero attached hydrogens (tertiary/aromatic N) is 4. The number of benzene rings is 1. The van der Waals surface area contributed by atoms with Crippen molar-refractivity contribution >= 4 is 35.0 Å². The number of nitriles is 1. The Kier molecular flexibility index (Phi) is 7.87. The van der Waals surface area contributed by atoms with Crippen LogP contribution in [0, 0.1) is 11.3 Å².